The lowest BCUT2D eigenvalue weighted by molar-refractivity contribution is 0.0293. The van der Waals surface area contributed by atoms with Gasteiger partial charge < -0.3 is 5.11 Å². The molecule has 0 bridgehead atoms. The van der Waals surface area contributed by atoms with E-state index in [0.717, 1.165) is 38.9 Å². The summed E-state index contributed by atoms with van der Waals surface area (Å²) >= 11 is 1.90. The Balaban J connectivity index is 1.49. The minimum absolute atomic E-state index is 0.00369. The first-order chi connectivity index (χ1) is 12.3. The van der Waals surface area contributed by atoms with Gasteiger partial charge in [0.05, 0.1) is 6.61 Å². The van der Waals surface area contributed by atoms with E-state index in [1.165, 1.54) is 20.5 Å². The molecule has 1 unspecified atom stereocenters. The van der Waals surface area contributed by atoms with E-state index in [4.69, 9.17) is 0 Å². The van der Waals surface area contributed by atoms with Crippen molar-refractivity contribution >= 4 is 21.4 Å². The van der Waals surface area contributed by atoms with E-state index in [2.05, 4.69) is 65.6 Å². The van der Waals surface area contributed by atoms with E-state index in [-0.39, 0.29) is 12.0 Å². The Bertz CT molecular complexity index is 795. The van der Waals surface area contributed by atoms with Gasteiger partial charge in [0.1, 0.15) is 0 Å². The van der Waals surface area contributed by atoms with Crippen molar-refractivity contribution in [1.29, 1.82) is 0 Å². The molecule has 0 spiro atoms. The Morgan fingerprint density at radius 1 is 1.04 bits per heavy atom. The number of thiophene rings is 1. The highest BCUT2D eigenvalue weighted by molar-refractivity contribution is 7.19. The number of hydrogen-bond acceptors (Lipinski definition) is 3. The van der Waals surface area contributed by atoms with E-state index in [0.29, 0.717) is 0 Å². The Morgan fingerprint density at radius 2 is 1.84 bits per heavy atom. The van der Waals surface area contributed by atoms with Crippen LogP contribution in [0.5, 0.6) is 0 Å². The summed E-state index contributed by atoms with van der Waals surface area (Å²) in [5.74, 6) is 0. The third kappa shape index (κ3) is 3.79. The minimum Gasteiger partial charge on any atom is -0.396 e. The zero-order valence-electron chi connectivity index (χ0n) is 14.5. The van der Waals surface area contributed by atoms with E-state index in [1.54, 1.807) is 0 Å². The molecule has 1 aromatic heterocycles. The van der Waals surface area contributed by atoms with Crippen molar-refractivity contribution in [3.8, 4) is 0 Å². The van der Waals surface area contributed by atoms with Crippen molar-refractivity contribution in [2.24, 2.45) is 5.41 Å². The molecule has 2 heterocycles. The molecule has 1 atom stereocenters. The first kappa shape index (κ1) is 16.8. The lowest BCUT2D eigenvalue weighted by Crippen LogP contribution is -2.46. The lowest BCUT2D eigenvalue weighted by atomic mass is 9.76. The van der Waals surface area contributed by atoms with Gasteiger partial charge in [-0.3, -0.25) is 4.90 Å². The number of fused-ring (bicyclic) bond motifs is 1. The van der Waals surface area contributed by atoms with Gasteiger partial charge in [-0.25, -0.2) is 0 Å². The van der Waals surface area contributed by atoms with Gasteiger partial charge in [0.15, 0.2) is 0 Å². The fraction of sp³-hybridized carbons (Fsp3) is 0.364. The summed E-state index contributed by atoms with van der Waals surface area (Å²) in [7, 11) is 0. The van der Waals surface area contributed by atoms with Gasteiger partial charge in [0, 0.05) is 28.1 Å². The second kappa shape index (κ2) is 7.28. The summed E-state index contributed by atoms with van der Waals surface area (Å²) in [6.45, 7) is 3.37. The average Bonchev–Trinajstić information content (AvgIpc) is 3.05. The number of nitrogens with zero attached hydrogens (tertiary/aromatic N) is 1. The highest BCUT2D eigenvalue weighted by Gasteiger charge is 2.35. The Morgan fingerprint density at radius 3 is 2.64 bits per heavy atom. The summed E-state index contributed by atoms with van der Waals surface area (Å²) in [6.07, 6.45) is 3.24. The fourth-order valence-corrected chi connectivity index (χ4v) is 5.25. The van der Waals surface area contributed by atoms with Gasteiger partial charge in [-0.2, -0.15) is 0 Å². The maximum atomic E-state index is 10.2. The van der Waals surface area contributed by atoms with Crippen LogP contribution in [0.15, 0.2) is 60.7 Å². The smallest absolute Gasteiger partial charge is 0.0502 e. The Kier molecular flexibility index (Phi) is 4.89. The van der Waals surface area contributed by atoms with E-state index in [9.17, 15) is 5.11 Å². The van der Waals surface area contributed by atoms with Crippen LogP contribution in [0.1, 0.15) is 23.3 Å². The quantitative estimate of drug-likeness (QED) is 0.719. The van der Waals surface area contributed by atoms with Crippen LogP contribution in [0.4, 0.5) is 0 Å². The van der Waals surface area contributed by atoms with Gasteiger partial charge in [-0.05, 0) is 48.9 Å². The molecule has 1 saturated heterocycles. The van der Waals surface area contributed by atoms with E-state index < -0.39 is 0 Å². The van der Waals surface area contributed by atoms with Crippen LogP contribution in [0.25, 0.3) is 10.1 Å². The van der Waals surface area contributed by atoms with Crippen LogP contribution in [0.3, 0.4) is 0 Å². The largest absolute Gasteiger partial charge is 0.396 e. The molecule has 1 aliphatic rings. The molecule has 0 aliphatic carbocycles. The van der Waals surface area contributed by atoms with Crippen molar-refractivity contribution < 1.29 is 5.11 Å². The summed E-state index contributed by atoms with van der Waals surface area (Å²) in [4.78, 5) is 3.96. The lowest BCUT2D eigenvalue weighted by Gasteiger charge is -2.42. The normalized spacial score (nSPS) is 21.6. The SMILES string of the molecule is OCC1(Cc2ccccc2)CCCN(Cc2cc3ccccc3s2)C1. The van der Waals surface area contributed by atoms with E-state index in [1.807, 2.05) is 11.3 Å². The summed E-state index contributed by atoms with van der Waals surface area (Å²) < 4.78 is 1.37. The third-order valence-corrected chi connectivity index (χ3v) is 6.45. The first-order valence-corrected chi connectivity index (χ1v) is 9.93. The molecule has 3 aromatic rings. The van der Waals surface area contributed by atoms with Crippen LogP contribution in [-0.2, 0) is 13.0 Å². The number of hydrogen-bond donors (Lipinski definition) is 1. The number of aliphatic hydroxyl groups excluding tert-OH is 1. The molecule has 25 heavy (non-hydrogen) atoms. The standard InChI is InChI=1S/C22H25NOS/c24-17-22(14-18-7-2-1-3-8-18)11-6-12-23(16-22)15-20-13-19-9-4-5-10-21(19)25-20/h1-5,7-10,13,24H,6,11-12,14-17H2. The molecule has 0 amide bonds. The van der Waals surface area contributed by atoms with Gasteiger partial charge in [0.2, 0.25) is 0 Å². The van der Waals surface area contributed by atoms with Gasteiger partial charge >= 0.3 is 0 Å². The maximum Gasteiger partial charge on any atom is 0.0502 e. The van der Waals surface area contributed by atoms with Crippen LogP contribution in [0, 0.1) is 5.41 Å². The number of benzene rings is 2. The molecule has 1 fully saturated rings. The highest BCUT2D eigenvalue weighted by atomic mass is 32.1. The minimum atomic E-state index is -0.00369. The fourth-order valence-electron chi connectivity index (χ4n) is 4.14. The predicted octanol–water partition coefficient (Wildman–Crippen LogP) is 4.72. The predicted molar refractivity (Wildman–Crippen MR) is 106 cm³/mol. The second-order valence-electron chi connectivity index (χ2n) is 7.39. The van der Waals surface area contributed by atoms with Gasteiger partial charge in [-0.1, -0.05) is 48.5 Å². The van der Waals surface area contributed by atoms with Crippen LogP contribution in [-0.4, -0.2) is 29.7 Å². The molecule has 4 rings (SSSR count). The molecular weight excluding hydrogens is 326 g/mol. The monoisotopic (exact) mass is 351 g/mol. The average molecular weight is 352 g/mol. The molecule has 3 heteroatoms. The molecule has 2 nitrogen and oxygen atoms in total. The molecule has 2 aromatic carbocycles. The van der Waals surface area contributed by atoms with Crippen molar-refractivity contribution in [2.45, 2.75) is 25.8 Å². The summed E-state index contributed by atoms with van der Waals surface area (Å²) in [6, 6.07) is 21.6. The maximum absolute atomic E-state index is 10.2. The summed E-state index contributed by atoms with van der Waals surface area (Å²) in [5.41, 5.74) is 1.33. The van der Waals surface area contributed by atoms with Crippen molar-refractivity contribution in [3.05, 3.63) is 71.1 Å². The van der Waals surface area contributed by atoms with Crippen molar-refractivity contribution in [3.63, 3.8) is 0 Å². The third-order valence-electron chi connectivity index (χ3n) is 5.35. The number of aliphatic hydroxyl groups is 1. The molecular formula is C22H25NOS. The molecule has 1 N–H and O–H groups in total. The Hall–Kier alpha value is -1.68. The molecule has 130 valence electrons. The van der Waals surface area contributed by atoms with Crippen molar-refractivity contribution in [1.82, 2.24) is 4.90 Å². The highest BCUT2D eigenvalue weighted by Crippen LogP contribution is 2.35. The van der Waals surface area contributed by atoms with Crippen LogP contribution >= 0.6 is 11.3 Å². The van der Waals surface area contributed by atoms with Crippen LogP contribution < -0.4 is 0 Å². The van der Waals surface area contributed by atoms with Gasteiger partial charge in [-0.15, -0.1) is 11.3 Å². The van der Waals surface area contributed by atoms with Crippen LogP contribution in [0.2, 0.25) is 0 Å². The molecule has 0 radical (unpaired) electrons. The second-order valence-corrected chi connectivity index (χ2v) is 8.55. The first-order valence-electron chi connectivity index (χ1n) is 9.11. The number of piperidine rings is 1. The number of rotatable bonds is 5. The Labute approximate surface area is 153 Å². The van der Waals surface area contributed by atoms with Gasteiger partial charge in [0.25, 0.3) is 0 Å². The topological polar surface area (TPSA) is 23.5 Å². The number of likely N-dealkylation sites (tertiary alicyclic amines) is 1. The van der Waals surface area contributed by atoms with E-state index >= 15 is 0 Å². The summed E-state index contributed by atoms with van der Waals surface area (Å²) in [5, 5.41) is 11.5. The zero-order chi connectivity index (χ0) is 17.1. The molecule has 0 saturated carbocycles. The zero-order valence-corrected chi connectivity index (χ0v) is 15.3. The molecule has 1 aliphatic heterocycles. The van der Waals surface area contributed by atoms with Crippen molar-refractivity contribution in [2.75, 3.05) is 19.7 Å².